The lowest BCUT2D eigenvalue weighted by atomic mass is 9.77. The Labute approximate surface area is 159 Å². The Morgan fingerprint density at radius 2 is 1.58 bits per heavy atom. The van der Waals surface area contributed by atoms with Crippen LogP contribution in [0, 0.1) is 40.9 Å². The maximum atomic E-state index is 8.98. The average Bonchev–Trinajstić information content (AvgIpc) is 2.72. The van der Waals surface area contributed by atoms with Crippen molar-refractivity contribution in [2.45, 2.75) is 70.1 Å². The summed E-state index contributed by atoms with van der Waals surface area (Å²) >= 11 is 0. The van der Waals surface area contributed by atoms with Gasteiger partial charge in [0, 0.05) is 17.4 Å². The van der Waals surface area contributed by atoms with Gasteiger partial charge in [0.2, 0.25) is 0 Å². The second kappa shape index (κ2) is 9.64. The second-order valence-corrected chi connectivity index (χ2v) is 8.15. The highest BCUT2D eigenvalue weighted by Gasteiger charge is 2.22. The molecule has 0 saturated heterocycles. The van der Waals surface area contributed by atoms with Crippen molar-refractivity contribution in [2.75, 3.05) is 0 Å². The largest absolute Gasteiger partial charge is 0.198 e. The van der Waals surface area contributed by atoms with Crippen LogP contribution in [0.25, 0.3) is 0 Å². The van der Waals surface area contributed by atoms with Gasteiger partial charge in [-0.1, -0.05) is 30.0 Å². The summed E-state index contributed by atoms with van der Waals surface area (Å²) in [6.45, 7) is 3.84. The topological polar surface area (TPSA) is 23.8 Å². The number of hydrogen-bond donors (Lipinski definition) is 0. The van der Waals surface area contributed by atoms with Gasteiger partial charge in [0.1, 0.15) is 0 Å². The highest BCUT2D eigenvalue weighted by molar-refractivity contribution is 5.37. The van der Waals surface area contributed by atoms with E-state index in [1.807, 2.05) is 0 Å². The molecule has 2 aliphatic rings. The first-order valence-corrected chi connectivity index (χ1v) is 10.4. The van der Waals surface area contributed by atoms with Crippen LogP contribution < -0.4 is 0 Å². The summed E-state index contributed by atoms with van der Waals surface area (Å²) in [6, 6.07) is 11.4. The second-order valence-electron chi connectivity index (χ2n) is 8.15. The van der Waals surface area contributed by atoms with Crippen molar-refractivity contribution in [3.8, 4) is 17.9 Å². The number of nitriles is 1. The number of nitrogens with zero attached hydrogens (tertiary/aromatic N) is 1. The van der Waals surface area contributed by atoms with E-state index >= 15 is 0 Å². The molecule has 0 atom stereocenters. The van der Waals surface area contributed by atoms with Crippen LogP contribution in [-0.4, -0.2) is 0 Å². The molecule has 0 bridgehead atoms. The zero-order valence-corrected chi connectivity index (χ0v) is 15.9. The molecule has 2 fully saturated rings. The molecular weight excluding hydrogens is 314 g/mol. The van der Waals surface area contributed by atoms with Crippen molar-refractivity contribution >= 4 is 0 Å². The van der Waals surface area contributed by atoms with Gasteiger partial charge in [0.15, 0.2) is 0 Å². The van der Waals surface area contributed by atoms with Crippen LogP contribution in [0.5, 0.6) is 0 Å². The lowest BCUT2D eigenvalue weighted by Gasteiger charge is -2.28. The van der Waals surface area contributed by atoms with Gasteiger partial charge >= 0.3 is 0 Å². The zero-order chi connectivity index (χ0) is 18.2. The molecule has 2 aliphatic carbocycles. The Kier molecular flexibility index (Phi) is 6.96. The number of benzene rings is 1. The maximum absolute atomic E-state index is 8.98. The molecule has 0 amide bonds. The van der Waals surface area contributed by atoms with Crippen LogP contribution >= 0.6 is 0 Å². The average molecular weight is 346 g/mol. The van der Waals surface area contributed by atoms with Crippen LogP contribution in [0.1, 0.15) is 81.3 Å². The summed E-state index contributed by atoms with van der Waals surface area (Å²) in [4.78, 5) is 0. The van der Waals surface area contributed by atoms with E-state index in [0.29, 0.717) is 5.92 Å². The van der Waals surface area contributed by atoms with Gasteiger partial charge in [-0.2, -0.15) is 5.26 Å². The Hall–Kier alpha value is -1.99. The number of allylic oxidation sites excluding steroid dienone is 1. The lowest BCUT2D eigenvalue weighted by Crippen LogP contribution is -2.13. The first-order chi connectivity index (χ1) is 12.8. The smallest absolute Gasteiger partial charge is 0.0655 e. The van der Waals surface area contributed by atoms with Gasteiger partial charge in [-0.05, 0) is 93.7 Å². The van der Waals surface area contributed by atoms with Crippen molar-refractivity contribution in [3.63, 3.8) is 0 Å². The summed E-state index contributed by atoms with van der Waals surface area (Å²) in [5, 5.41) is 8.98. The minimum absolute atomic E-state index is 0.263. The zero-order valence-electron chi connectivity index (χ0n) is 15.9. The molecule has 0 heterocycles. The molecule has 1 aromatic rings. The SMILES string of the molecule is C=CCCC1CCC(c2ccc(C#CC3CCC(C#N)CC3)cc2)CC1. The Balaban J connectivity index is 1.50. The predicted molar refractivity (Wildman–Crippen MR) is 109 cm³/mol. The molecule has 26 heavy (non-hydrogen) atoms. The van der Waals surface area contributed by atoms with Gasteiger partial charge in [-0.15, -0.1) is 6.58 Å². The molecule has 3 rings (SSSR count). The van der Waals surface area contributed by atoms with E-state index in [4.69, 9.17) is 5.26 Å². The van der Waals surface area contributed by atoms with E-state index < -0.39 is 0 Å². The van der Waals surface area contributed by atoms with E-state index in [9.17, 15) is 0 Å². The monoisotopic (exact) mass is 345 g/mol. The van der Waals surface area contributed by atoms with Gasteiger partial charge < -0.3 is 0 Å². The lowest BCUT2D eigenvalue weighted by molar-refractivity contribution is 0.312. The third-order valence-corrected chi connectivity index (χ3v) is 6.34. The van der Waals surface area contributed by atoms with Crippen molar-refractivity contribution in [1.82, 2.24) is 0 Å². The van der Waals surface area contributed by atoms with E-state index in [2.05, 4.69) is 54.8 Å². The fraction of sp³-hybridized carbons (Fsp3) is 0.560. The molecule has 136 valence electrons. The summed E-state index contributed by atoms with van der Waals surface area (Å²) in [5.74, 6) is 9.19. The fourth-order valence-electron chi connectivity index (χ4n) is 4.53. The quantitative estimate of drug-likeness (QED) is 0.445. The van der Waals surface area contributed by atoms with Crippen molar-refractivity contribution < 1.29 is 0 Å². The number of hydrogen-bond acceptors (Lipinski definition) is 1. The van der Waals surface area contributed by atoms with Crippen LogP contribution in [0.3, 0.4) is 0 Å². The van der Waals surface area contributed by atoms with Crippen LogP contribution in [0.2, 0.25) is 0 Å². The molecule has 0 aliphatic heterocycles. The van der Waals surface area contributed by atoms with E-state index in [0.717, 1.165) is 43.1 Å². The third-order valence-electron chi connectivity index (χ3n) is 6.34. The number of rotatable bonds is 4. The van der Waals surface area contributed by atoms with Crippen LogP contribution in [0.4, 0.5) is 0 Å². The van der Waals surface area contributed by atoms with Crippen molar-refractivity contribution in [3.05, 3.63) is 48.0 Å². The molecule has 1 heteroatoms. The molecule has 1 aromatic carbocycles. The first-order valence-electron chi connectivity index (χ1n) is 10.4. The molecule has 0 spiro atoms. The fourth-order valence-corrected chi connectivity index (χ4v) is 4.53. The molecule has 0 radical (unpaired) electrons. The third kappa shape index (κ3) is 5.25. The van der Waals surface area contributed by atoms with Gasteiger partial charge in [0.05, 0.1) is 6.07 Å². The van der Waals surface area contributed by atoms with E-state index in [1.54, 1.807) is 0 Å². The minimum Gasteiger partial charge on any atom is -0.198 e. The van der Waals surface area contributed by atoms with Crippen LogP contribution in [-0.2, 0) is 0 Å². The predicted octanol–water partition coefficient (Wildman–Crippen LogP) is 6.61. The van der Waals surface area contributed by atoms with Gasteiger partial charge in [-0.3, -0.25) is 0 Å². The molecule has 0 N–H and O–H groups in total. The standard InChI is InChI=1S/C25H31N/c1-2-3-4-20-11-15-24(16-12-20)25-17-13-22(14-18-25)6-5-21-7-9-23(19-26)10-8-21/h2,13-14,17-18,20-21,23-24H,1,3-4,7-12,15-16H2. The molecule has 0 unspecified atom stereocenters. The molecular formula is C25H31N. The van der Waals surface area contributed by atoms with E-state index in [1.165, 1.54) is 44.1 Å². The van der Waals surface area contributed by atoms with Crippen LogP contribution in [0.15, 0.2) is 36.9 Å². The summed E-state index contributed by atoms with van der Waals surface area (Å²) < 4.78 is 0. The van der Waals surface area contributed by atoms with E-state index in [-0.39, 0.29) is 5.92 Å². The van der Waals surface area contributed by atoms with Gasteiger partial charge in [-0.25, -0.2) is 0 Å². The summed E-state index contributed by atoms with van der Waals surface area (Å²) in [6.07, 6.45) is 14.1. The molecule has 1 nitrogen and oxygen atoms in total. The van der Waals surface area contributed by atoms with Crippen molar-refractivity contribution in [1.29, 1.82) is 5.26 Å². The summed E-state index contributed by atoms with van der Waals surface area (Å²) in [7, 11) is 0. The summed E-state index contributed by atoms with van der Waals surface area (Å²) in [5.41, 5.74) is 2.63. The molecule has 0 aromatic heterocycles. The highest BCUT2D eigenvalue weighted by atomic mass is 14.3. The Bertz CT molecular complexity index is 666. The normalized spacial score (nSPS) is 28.4. The Morgan fingerprint density at radius 1 is 0.923 bits per heavy atom. The Morgan fingerprint density at radius 3 is 2.19 bits per heavy atom. The highest BCUT2D eigenvalue weighted by Crippen LogP contribution is 2.37. The van der Waals surface area contributed by atoms with Crippen molar-refractivity contribution in [2.24, 2.45) is 17.8 Å². The maximum Gasteiger partial charge on any atom is 0.0655 e. The minimum atomic E-state index is 0.263. The first kappa shape index (κ1) is 18.8. The van der Waals surface area contributed by atoms with Gasteiger partial charge in [0.25, 0.3) is 0 Å². The molecule has 2 saturated carbocycles.